The number of nitrogens with one attached hydrogen (secondary N) is 1. The van der Waals surface area contributed by atoms with Crippen molar-refractivity contribution in [2.24, 2.45) is 0 Å². The van der Waals surface area contributed by atoms with Crippen LogP contribution >= 0.6 is 0 Å². The van der Waals surface area contributed by atoms with E-state index in [-0.39, 0.29) is 24.4 Å². The molecular weight excluding hydrogens is 349 g/mol. The minimum Gasteiger partial charge on any atom is -0.487 e. The number of hydrogen-bond donors (Lipinski definition) is 1. The molecule has 0 saturated heterocycles. The van der Waals surface area contributed by atoms with E-state index in [2.05, 4.69) is 15.3 Å². The molecule has 0 fully saturated rings. The van der Waals surface area contributed by atoms with Crippen LogP contribution < -0.4 is 10.1 Å². The summed E-state index contributed by atoms with van der Waals surface area (Å²) in [7, 11) is 0. The molecule has 2 aromatic heterocycles. The van der Waals surface area contributed by atoms with Crippen molar-refractivity contribution in [1.29, 1.82) is 0 Å². The van der Waals surface area contributed by atoms with Crippen molar-refractivity contribution in [3.63, 3.8) is 0 Å². The number of aromatic nitrogens is 2. The number of benzene rings is 1. The van der Waals surface area contributed by atoms with E-state index < -0.39 is 0 Å². The Labute approximate surface area is 155 Å². The largest absolute Gasteiger partial charge is 0.487 e. The van der Waals surface area contributed by atoms with Crippen molar-refractivity contribution in [3.8, 4) is 17.0 Å². The number of fused-ring (bicyclic) bond motifs is 1. The molecule has 27 heavy (non-hydrogen) atoms. The number of amides is 1. The van der Waals surface area contributed by atoms with Crippen molar-refractivity contribution in [2.75, 3.05) is 6.54 Å². The Kier molecular flexibility index (Phi) is 4.35. The monoisotopic (exact) mass is 367 g/mol. The van der Waals surface area contributed by atoms with Gasteiger partial charge in [-0.2, -0.15) is 0 Å². The Bertz CT molecular complexity index is 1000. The number of halogens is 1. The Balaban J connectivity index is 1.57. The van der Waals surface area contributed by atoms with Crippen LogP contribution in [0.5, 0.6) is 5.75 Å². The summed E-state index contributed by atoms with van der Waals surface area (Å²) in [6.45, 7) is 3.97. The lowest BCUT2D eigenvalue weighted by atomic mass is 10.0. The third kappa shape index (κ3) is 3.28. The van der Waals surface area contributed by atoms with Crippen molar-refractivity contribution in [2.45, 2.75) is 26.4 Å². The number of nitrogens with zero attached hydrogens (tertiary/aromatic N) is 2. The van der Waals surface area contributed by atoms with Gasteiger partial charge in [-0.15, -0.1) is 0 Å². The van der Waals surface area contributed by atoms with E-state index in [9.17, 15) is 9.18 Å². The van der Waals surface area contributed by atoms with Gasteiger partial charge in [0.25, 0.3) is 5.91 Å². The molecule has 0 radical (unpaired) electrons. The molecule has 4 rings (SSSR count). The highest BCUT2D eigenvalue weighted by molar-refractivity contribution is 5.93. The quantitative estimate of drug-likeness (QED) is 0.766. The molecule has 0 spiro atoms. The summed E-state index contributed by atoms with van der Waals surface area (Å²) in [5.41, 5.74) is 3.84. The average Bonchev–Trinajstić information content (AvgIpc) is 3.32. The zero-order valence-corrected chi connectivity index (χ0v) is 15.0. The Morgan fingerprint density at radius 3 is 2.96 bits per heavy atom. The molecular formula is C20H18FN3O3. The summed E-state index contributed by atoms with van der Waals surface area (Å²) in [6.07, 6.45) is 4.52. The van der Waals surface area contributed by atoms with Gasteiger partial charge in [0.15, 0.2) is 0 Å². The maximum atomic E-state index is 14.3. The van der Waals surface area contributed by atoms with E-state index in [1.165, 1.54) is 18.6 Å². The molecule has 1 atom stereocenters. The van der Waals surface area contributed by atoms with Gasteiger partial charge in [0.2, 0.25) is 0 Å². The summed E-state index contributed by atoms with van der Waals surface area (Å²) < 4.78 is 25.2. The number of carbonyl (C=O) groups is 1. The van der Waals surface area contributed by atoms with Gasteiger partial charge in [0.05, 0.1) is 35.5 Å². The highest BCUT2D eigenvalue weighted by atomic mass is 19.1. The van der Waals surface area contributed by atoms with Crippen LogP contribution in [0.25, 0.3) is 11.3 Å². The van der Waals surface area contributed by atoms with Crippen LogP contribution in [0.15, 0.2) is 41.3 Å². The van der Waals surface area contributed by atoms with Gasteiger partial charge in [-0.25, -0.2) is 9.37 Å². The minimum absolute atomic E-state index is 0.260. The van der Waals surface area contributed by atoms with Gasteiger partial charge in [-0.05, 0) is 32.0 Å². The fourth-order valence-electron chi connectivity index (χ4n) is 3.16. The SMILES string of the molecule is Cc1cnc(C)c(-c2ccc(F)c3c2O[C@@H](CNC(=O)c2ccoc2)C3)n1. The van der Waals surface area contributed by atoms with Crippen molar-refractivity contribution < 1.29 is 18.3 Å². The first-order valence-electron chi connectivity index (χ1n) is 8.62. The number of ether oxygens (including phenoxy) is 1. The van der Waals surface area contributed by atoms with Gasteiger partial charge in [-0.1, -0.05) is 0 Å². The topological polar surface area (TPSA) is 77.2 Å². The summed E-state index contributed by atoms with van der Waals surface area (Å²) in [4.78, 5) is 20.9. The van der Waals surface area contributed by atoms with Crippen LogP contribution in [-0.2, 0) is 6.42 Å². The molecule has 1 aliphatic rings. The number of carbonyl (C=O) groups excluding carboxylic acids is 1. The molecule has 0 aliphatic carbocycles. The average molecular weight is 367 g/mol. The van der Waals surface area contributed by atoms with Crippen LogP contribution in [0, 0.1) is 19.7 Å². The van der Waals surface area contributed by atoms with Crippen molar-refractivity contribution >= 4 is 5.91 Å². The van der Waals surface area contributed by atoms with Gasteiger partial charge in [0, 0.05) is 23.7 Å². The number of aryl methyl sites for hydroxylation is 2. The molecule has 7 heteroatoms. The fourth-order valence-corrected chi connectivity index (χ4v) is 3.16. The second-order valence-electron chi connectivity index (χ2n) is 6.51. The number of hydrogen-bond acceptors (Lipinski definition) is 5. The lowest BCUT2D eigenvalue weighted by Gasteiger charge is -2.14. The van der Waals surface area contributed by atoms with E-state index >= 15 is 0 Å². The summed E-state index contributed by atoms with van der Waals surface area (Å²) in [6, 6.07) is 4.67. The molecule has 138 valence electrons. The van der Waals surface area contributed by atoms with E-state index in [1.54, 1.807) is 18.3 Å². The molecule has 0 saturated carbocycles. The van der Waals surface area contributed by atoms with E-state index in [1.807, 2.05) is 13.8 Å². The Morgan fingerprint density at radius 1 is 1.33 bits per heavy atom. The molecule has 1 amide bonds. The molecule has 3 heterocycles. The lowest BCUT2D eigenvalue weighted by molar-refractivity contribution is 0.0933. The molecule has 1 aromatic carbocycles. The minimum atomic E-state index is -0.357. The van der Waals surface area contributed by atoms with Crippen LogP contribution in [0.3, 0.4) is 0 Å². The first-order chi connectivity index (χ1) is 13.0. The van der Waals surface area contributed by atoms with Gasteiger partial charge >= 0.3 is 0 Å². The number of furan rings is 1. The summed E-state index contributed by atoms with van der Waals surface area (Å²) in [5, 5.41) is 2.79. The normalized spacial score (nSPS) is 15.3. The highest BCUT2D eigenvalue weighted by Gasteiger charge is 2.30. The molecule has 1 aliphatic heterocycles. The lowest BCUT2D eigenvalue weighted by Crippen LogP contribution is -2.34. The van der Waals surface area contributed by atoms with Gasteiger partial charge < -0.3 is 14.5 Å². The first-order valence-corrected chi connectivity index (χ1v) is 8.62. The molecule has 6 nitrogen and oxygen atoms in total. The summed E-state index contributed by atoms with van der Waals surface area (Å²) >= 11 is 0. The molecule has 1 N–H and O–H groups in total. The molecule has 3 aromatic rings. The van der Waals surface area contributed by atoms with Crippen molar-refractivity contribution in [1.82, 2.24) is 15.3 Å². The second-order valence-corrected chi connectivity index (χ2v) is 6.51. The maximum Gasteiger partial charge on any atom is 0.254 e. The second kappa shape index (κ2) is 6.83. The molecule has 0 unspecified atom stereocenters. The third-order valence-corrected chi connectivity index (χ3v) is 4.52. The van der Waals surface area contributed by atoms with E-state index in [0.717, 1.165) is 11.4 Å². The Hall–Kier alpha value is -3.22. The summed E-state index contributed by atoms with van der Waals surface area (Å²) in [5.74, 6) is -0.111. The fraction of sp³-hybridized carbons (Fsp3) is 0.250. The zero-order chi connectivity index (χ0) is 19.0. The van der Waals surface area contributed by atoms with Gasteiger partial charge in [-0.3, -0.25) is 9.78 Å². The zero-order valence-electron chi connectivity index (χ0n) is 15.0. The molecule has 0 bridgehead atoms. The smallest absolute Gasteiger partial charge is 0.254 e. The van der Waals surface area contributed by atoms with Crippen LogP contribution in [0.2, 0.25) is 0 Å². The predicted molar refractivity (Wildman–Crippen MR) is 96.1 cm³/mol. The Morgan fingerprint density at radius 2 is 2.19 bits per heavy atom. The standard InChI is InChI=1S/C20H18FN3O3/c1-11-8-22-12(2)18(24-11)15-3-4-17(21)16-7-14(27-19(15)16)9-23-20(25)13-5-6-26-10-13/h3-6,8,10,14H,7,9H2,1-2H3,(H,23,25)/t14-/m1/s1. The number of rotatable bonds is 4. The van der Waals surface area contributed by atoms with Crippen molar-refractivity contribution in [3.05, 3.63) is 65.3 Å². The van der Waals surface area contributed by atoms with E-state index in [4.69, 9.17) is 9.15 Å². The van der Waals surface area contributed by atoms with Crippen LogP contribution in [-0.4, -0.2) is 28.5 Å². The van der Waals surface area contributed by atoms with Crippen LogP contribution in [0.1, 0.15) is 27.3 Å². The van der Waals surface area contributed by atoms with Gasteiger partial charge in [0.1, 0.15) is 23.9 Å². The first kappa shape index (κ1) is 17.2. The predicted octanol–water partition coefficient (Wildman–Crippen LogP) is 3.23. The van der Waals surface area contributed by atoms with E-state index in [0.29, 0.717) is 34.6 Å². The van der Waals surface area contributed by atoms with Crippen LogP contribution in [0.4, 0.5) is 4.39 Å². The maximum absolute atomic E-state index is 14.3. The third-order valence-electron chi connectivity index (χ3n) is 4.52. The highest BCUT2D eigenvalue weighted by Crippen LogP contribution is 2.40.